The first-order valence-corrected chi connectivity index (χ1v) is 11.7. The van der Waals surface area contributed by atoms with E-state index in [0.29, 0.717) is 25.2 Å². The molecule has 8 heteroatoms. The third-order valence-electron chi connectivity index (χ3n) is 6.24. The summed E-state index contributed by atoms with van der Waals surface area (Å²) in [5.74, 6) is -0.341. The van der Waals surface area contributed by atoms with Crippen LogP contribution in [0.3, 0.4) is 0 Å². The SMILES string of the molecule is COC(=O)c1ccc([C@@H]2C=C(C(=O)N(C)C3CCCCC3)O[C@H](OCCOCCO)C2)cc1. The largest absolute Gasteiger partial charge is 0.465 e. The van der Waals surface area contributed by atoms with Crippen LogP contribution >= 0.6 is 0 Å². The minimum Gasteiger partial charge on any atom is -0.465 e. The van der Waals surface area contributed by atoms with Crippen LogP contribution in [0.2, 0.25) is 0 Å². The molecule has 2 atom stereocenters. The van der Waals surface area contributed by atoms with E-state index in [1.54, 1.807) is 17.0 Å². The molecule has 0 spiro atoms. The average Bonchev–Trinajstić information content (AvgIpc) is 2.87. The molecule has 1 aliphatic carbocycles. The normalized spacial score (nSPS) is 21.1. The van der Waals surface area contributed by atoms with Crippen molar-refractivity contribution < 1.29 is 33.6 Å². The third-order valence-corrected chi connectivity index (χ3v) is 6.24. The van der Waals surface area contributed by atoms with E-state index >= 15 is 0 Å². The van der Waals surface area contributed by atoms with Crippen molar-refractivity contribution in [3.8, 4) is 0 Å². The van der Waals surface area contributed by atoms with E-state index in [4.69, 9.17) is 24.1 Å². The zero-order chi connectivity index (χ0) is 23.6. The van der Waals surface area contributed by atoms with Gasteiger partial charge in [-0.15, -0.1) is 0 Å². The van der Waals surface area contributed by atoms with E-state index in [-0.39, 0.29) is 36.8 Å². The molecule has 0 unspecified atom stereocenters. The van der Waals surface area contributed by atoms with Crippen LogP contribution in [0.25, 0.3) is 0 Å². The molecule has 1 amide bonds. The first kappa shape index (κ1) is 25.2. The lowest BCUT2D eigenvalue weighted by Crippen LogP contribution is -2.41. The molecule has 0 radical (unpaired) electrons. The highest BCUT2D eigenvalue weighted by molar-refractivity contribution is 5.92. The van der Waals surface area contributed by atoms with Gasteiger partial charge < -0.3 is 29.0 Å². The summed E-state index contributed by atoms with van der Waals surface area (Å²) in [5, 5.41) is 8.83. The molecular formula is C25H35NO7. The van der Waals surface area contributed by atoms with Gasteiger partial charge in [0.15, 0.2) is 5.76 Å². The Hall–Kier alpha value is -2.42. The van der Waals surface area contributed by atoms with E-state index in [2.05, 4.69) is 0 Å². The lowest BCUT2D eigenvalue weighted by Gasteiger charge is -2.34. The summed E-state index contributed by atoms with van der Waals surface area (Å²) < 4.78 is 21.9. The van der Waals surface area contributed by atoms with Crippen molar-refractivity contribution in [1.82, 2.24) is 4.90 Å². The Kier molecular flexibility index (Phi) is 9.72. The summed E-state index contributed by atoms with van der Waals surface area (Å²) in [4.78, 5) is 26.8. The number of allylic oxidation sites excluding steroid dienone is 1. The Bertz CT molecular complexity index is 801. The summed E-state index contributed by atoms with van der Waals surface area (Å²) in [5.41, 5.74) is 1.43. The number of ether oxygens (including phenoxy) is 4. The first-order valence-electron chi connectivity index (χ1n) is 11.7. The number of nitrogens with zero attached hydrogens (tertiary/aromatic N) is 1. The number of methoxy groups -OCH3 is 1. The standard InChI is InChI=1S/C25H35NO7/c1-26(21-6-4-3-5-7-21)24(28)22-16-20(17-23(33-22)32-15-14-31-13-12-27)18-8-10-19(11-9-18)25(29)30-2/h8-11,16,20-21,23,27H,3-7,12-15,17H2,1-2H3/t20-,23+/m1/s1. The van der Waals surface area contributed by atoms with Crippen molar-refractivity contribution >= 4 is 11.9 Å². The van der Waals surface area contributed by atoms with Crippen LogP contribution in [0.15, 0.2) is 36.1 Å². The minimum absolute atomic E-state index is 0.0432. The molecule has 2 aliphatic rings. The second-order valence-electron chi connectivity index (χ2n) is 8.45. The van der Waals surface area contributed by atoms with Gasteiger partial charge >= 0.3 is 5.97 Å². The van der Waals surface area contributed by atoms with Gasteiger partial charge in [-0.3, -0.25) is 4.79 Å². The fraction of sp³-hybridized carbons (Fsp3) is 0.600. The quantitative estimate of drug-likeness (QED) is 0.423. The van der Waals surface area contributed by atoms with Crippen molar-refractivity contribution in [2.24, 2.45) is 0 Å². The molecule has 1 fully saturated rings. The minimum atomic E-state index is -0.600. The summed E-state index contributed by atoms with van der Waals surface area (Å²) >= 11 is 0. The van der Waals surface area contributed by atoms with Crippen molar-refractivity contribution in [2.45, 2.75) is 56.8 Å². The molecule has 3 rings (SSSR count). The van der Waals surface area contributed by atoms with E-state index in [9.17, 15) is 9.59 Å². The predicted molar refractivity (Wildman–Crippen MR) is 122 cm³/mol. The van der Waals surface area contributed by atoms with Crippen LogP contribution in [0.5, 0.6) is 0 Å². The molecule has 0 bridgehead atoms. The first-order chi connectivity index (χ1) is 16.0. The van der Waals surface area contributed by atoms with Gasteiger partial charge in [0.25, 0.3) is 5.91 Å². The number of carbonyl (C=O) groups excluding carboxylic acids is 2. The van der Waals surface area contributed by atoms with Gasteiger partial charge in [0.2, 0.25) is 6.29 Å². The highest BCUT2D eigenvalue weighted by Crippen LogP contribution is 2.33. The van der Waals surface area contributed by atoms with Crippen LogP contribution in [0.1, 0.15) is 60.4 Å². The van der Waals surface area contributed by atoms with Crippen molar-refractivity contribution in [2.75, 3.05) is 40.6 Å². The van der Waals surface area contributed by atoms with Crippen molar-refractivity contribution in [3.63, 3.8) is 0 Å². The van der Waals surface area contributed by atoms with Crippen molar-refractivity contribution in [3.05, 3.63) is 47.2 Å². The van der Waals surface area contributed by atoms with Gasteiger partial charge in [0, 0.05) is 25.4 Å². The number of rotatable bonds is 10. The number of hydrogen-bond donors (Lipinski definition) is 1. The molecular weight excluding hydrogens is 426 g/mol. The Balaban J connectivity index is 1.74. The second kappa shape index (κ2) is 12.7. The predicted octanol–water partition coefficient (Wildman–Crippen LogP) is 3.00. The molecule has 1 heterocycles. The van der Waals surface area contributed by atoms with Gasteiger partial charge in [0.1, 0.15) is 0 Å². The topological polar surface area (TPSA) is 94.5 Å². The van der Waals surface area contributed by atoms with Crippen molar-refractivity contribution in [1.29, 1.82) is 0 Å². The number of likely N-dealkylation sites (N-methyl/N-ethyl adjacent to an activating group) is 1. The highest BCUT2D eigenvalue weighted by atomic mass is 16.7. The Morgan fingerprint density at radius 2 is 1.82 bits per heavy atom. The molecule has 182 valence electrons. The molecule has 1 aliphatic heterocycles. The second-order valence-corrected chi connectivity index (χ2v) is 8.45. The van der Waals surface area contributed by atoms with Crippen LogP contribution < -0.4 is 0 Å². The summed E-state index contributed by atoms with van der Waals surface area (Å²) in [6.45, 7) is 0.824. The zero-order valence-electron chi connectivity index (χ0n) is 19.5. The Labute approximate surface area is 195 Å². The number of benzene rings is 1. The number of amides is 1. The monoisotopic (exact) mass is 461 g/mol. The van der Waals surface area contributed by atoms with Gasteiger partial charge in [-0.05, 0) is 36.6 Å². The Morgan fingerprint density at radius 3 is 2.48 bits per heavy atom. The maximum Gasteiger partial charge on any atom is 0.337 e. The molecule has 1 saturated carbocycles. The van der Waals surface area contributed by atoms with Gasteiger partial charge in [-0.2, -0.15) is 0 Å². The number of hydrogen-bond acceptors (Lipinski definition) is 7. The van der Waals surface area contributed by atoms with E-state index < -0.39 is 12.3 Å². The molecule has 1 aromatic carbocycles. The summed E-state index contributed by atoms with van der Waals surface area (Å²) in [7, 11) is 3.19. The van der Waals surface area contributed by atoms with Crippen LogP contribution in [-0.2, 0) is 23.7 Å². The lowest BCUT2D eigenvalue weighted by atomic mass is 9.91. The number of carbonyl (C=O) groups is 2. The van der Waals surface area contributed by atoms with Crippen LogP contribution in [-0.4, -0.2) is 74.8 Å². The Morgan fingerprint density at radius 1 is 1.09 bits per heavy atom. The van der Waals surface area contributed by atoms with Gasteiger partial charge in [-0.25, -0.2) is 4.79 Å². The van der Waals surface area contributed by atoms with Crippen LogP contribution in [0.4, 0.5) is 0 Å². The molecule has 0 aromatic heterocycles. The zero-order valence-corrected chi connectivity index (χ0v) is 19.5. The lowest BCUT2D eigenvalue weighted by molar-refractivity contribution is -0.157. The van der Waals surface area contributed by atoms with E-state index in [1.165, 1.54) is 13.5 Å². The van der Waals surface area contributed by atoms with E-state index in [0.717, 1.165) is 31.2 Å². The molecule has 1 aromatic rings. The fourth-order valence-electron chi connectivity index (χ4n) is 4.34. The third kappa shape index (κ3) is 7.03. The summed E-state index contributed by atoms with van der Waals surface area (Å²) in [6, 6.07) is 7.40. The van der Waals surface area contributed by atoms with Gasteiger partial charge in [0.05, 0.1) is 39.1 Å². The van der Waals surface area contributed by atoms with Gasteiger partial charge in [-0.1, -0.05) is 31.4 Å². The maximum atomic E-state index is 13.3. The summed E-state index contributed by atoms with van der Waals surface area (Å²) in [6.07, 6.45) is 7.30. The molecule has 0 saturated heterocycles. The number of esters is 1. The fourth-order valence-corrected chi connectivity index (χ4v) is 4.34. The highest BCUT2D eigenvalue weighted by Gasteiger charge is 2.32. The average molecular weight is 462 g/mol. The molecule has 8 nitrogen and oxygen atoms in total. The van der Waals surface area contributed by atoms with E-state index in [1.807, 2.05) is 25.3 Å². The molecule has 1 N–H and O–H groups in total. The molecule has 33 heavy (non-hydrogen) atoms. The number of aliphatic hydroxyl groups excluding tert-OH is 1. The van der Waals surface area contributed by atoms with Crippen LogP contribution in [0, 0.1) is 0 Å². The number of aliphatic hydroxyl groups is 1. The smallest absolute Gasteiger partial charge is 0.337 e. The maximum absolute atomic E-state index is 13.3.